The Labute approximate surface area is 95.5 Å². The lowest BCUT2D eigenvalue weighted by Gasteiger charge is -2.14. The van der Waals surface area contributed by atoms with Crippen molar-refractivity contribution in [2.45, 2.75) is 18.6 Å². The van der Waals surface area contributed by atoms with Crippen LogP contribution in [0.1, 0.15) is 18.0 Å². The molecule has 7 heteroatoms. The summed E-state index contributed by atoms with van der Waals surface area (Å²) in [4.78, 5) is 0. The van der Waals surface area contributed by atoms with Gasteiger partial charge in [0.15, 0.2) is 11.6 Å². The van der Waals surface area contributed by atoms with Crippen LogP contribution in [-0.4, -0.2) is 11.3 Å². The van der Waals surface area contributed by atoms with Gasteiger partial charge in [0, 0.05) is 6.04 Å². The van der Waals surface area contributed by atoms with Gasteiger partial charge in [-0.1, -0.05) is 6.07 Å². The van der Waals surface area contributed by atoms with E-state index in [1.54, 1.807) is 0 Å². The van der Waals surface area contributed by atoms with Gasteiger partial charge in [0.25, 0.3) is 0 Å². The summed E-state index contributed by atoms with van der Waals surface area (Å²) in [5, 5.41) is 8.82. The van der Waals surface area contributed by atoms with E-state index in [2.05, 4.69) is 0 Å². The van der Waals surface area contributed by atoms with E-state index < -0.39 is 30.2 Å². The number of phenolic OH excluding ortho intramolecular Hbond substituents is 1. The van der Waals surface area contributed by atoms with Gasteiger partial charge >= 0.3 is 6.18 Å². The minimum Gasteiger partial charge on any atom is -0.505 e. The van der Waals surface area contributed by atoms with E-state index in [9.17, 15) is 17.6 Å². The molecule has 1 aromatic rings. The summed E-state index contributed by atoms with van der Waals surface area (Å²) in [6.45, 7) is 0. The molecule has 2 nitrogen and oxygen atoms in total. The number of rotatable bonds is 2. The van der Waals surface area contributed by atoms with E-state index in [0.717, 1.165) is 18.2 Å². The highest BCUT2D eigenvalue weighted by atomic mass is 35.5. The molecule has 0 spiro atoms. The Kier molecular flexibility index (Phi) is 5.02. The number of hydrogen-bond acceptors (Lipinski definition) is 2. The molecule has 3 N–H and O–H groups in total. The molecule has 0 aliphatic carbocycles. The van der Waals surface area contributed by atoms with Crippen molar-refractivity contribution in [3.63, 3.8) is 0 Å². The maximum absolute atomic E-state index is 12.8. The first kappa shape index (κ1) is 15.0. The summed E-state index contributed by atoms with van der Waals surface area (Å²) < 4.78 is 48.6. The van der Waals surface area contributed by atoms with Crippen LogP contribution in [0.15, 0.2) is 18.2 Å². The highest BCUT2D eigenvalue weighted by Gasteiger charge is 2.31. The molecular formula is C9H10ClF4NO. The normalized spacial score (nSPS) is 13.1. The van der Waals surface area contributed by atoms with Crippen LogP contribution in [0.4, 0.5) is 17.6 Å². The maximum Gasteiger partial charge on any atom is 0.390 e. The Bertz CT molecular complexity index is 356. The molecule has 1 atom stereocenters. The number of alkyl halides is 3. The van der Waals surface area contributed by atoms with Crippen molar-refractivity contribution in [2.24, 2.45) is 5.73 Å². The molecule has 0 aliphatic rings. The zero-order valence-corrected chi connectivity index (χ0v) is 8.78. The summed E-state index contributed by atoms with van der Waals surface area (Å²) in [6, 6.07) is 1.61. The minimum absolute atomic E-state index is 0. The Morgan fingerprint density at radius 3 is 2.31 bits per heavy atom. The first-order valence-corrected chi connectivity index (χ1v) is 4.10. The van der Waals surface area contributed by atoms with Gasteiger partial charge in [-0.2, -0.15) is 13.2 Å². The lowest BCUT2D eigenvalue weighted by atomic mass is 10.0. The molecule has 0 unspecified atom stereocenters. The molecule has 0 bridgehead atoms. The Morgan fingerprint density at radius 1 is 1.31 bits per heavy atom. The molecule has 0 fully saturated rings. The van der Waals surface area contributed by atoms with Crippen LogP contribution in [0.2, 0.25) is 0 Å². The number of halogens is 5. The van der Waals surface area contributed by atoms with Crippen molar-refractivity contribution < 1.29 is 22.7 Å². The van der Waals surface area contributed by atoms with Crippen molar-refractivity contribution in [2.75, 3.05) is 0 Å². The lowest BCUT2D eigenvalue weighted by molar-refractivity contribution is -0.138. The molecule has 0 saturated heterocycles. The summed E-state index contributed by atoms with van der Waals surface area (Å²) in [6.07, 6.45) is -5.62. The van der Waals surface area contributed by atoms with Gasteiger partial charge in [0.05, 0.1) is 6.42 Å². The van der Waals surface area contributed by atoms with Gasteiger partial charge in [-0.05, 0) is 17.7 Å². The van der Waals surface area contributed by atoms with E-state index in [1.807, 2.05) is 0 Å². The molecule has 0 saturated carbocycles. The smallest absolute Gasteiger partial charge is 0.390 e. The lowest BCUT2D eigenvalue weighted by Crippen LogP contribution is -2.20. The van der Waals surface area contributed by atoms with Crippen molar-refractivity contribution >= 4 is 12.4 Å². The third-order valence-electron chi connectivity index (χ3n) is 1.85. The SMILES string of the molecule is Cl.N[C@@H](CC(F)(F)F)c1ccc(O)c(F)c1. The zero-order valence-electron chi connectivity index (χ0n) is 7.96. The fourth-order valence-electron chi connectivity index (χ4n) is 1.12. The first-order valence-electron chi connectivity index (χ1n) is 4.10. The van der Waals surface area contributed by atoms with Crippen LogP contribution in [-0.2, 0) is 0 Å². The molecule has 1 rings (SSSR count). The van der Waals surface area contributed by atoms with Gasteiger partial charge in [-0.15, -0.1) is 12.4 Å². The van der Waals surface area contributed by atoms with Crippen molar-refractivity contribution in [1.82, 2.24) is 0 Å². The van der Waals surface area contributed by atoms with E-state index in [1.165, 1.54) is 0 Å². The number of hydrogen-bond donors (Lipinski definition) is 2. The van der Waals surface area contributed by atoms with E-state index in [0.29, 0.717) is 0 Å². The second kappa shape index (κ2) is 5.36. The topological polar surface area (TPSA) is 46.2 Å². The predicted octanol–water partition coefficient (Wildman–Crippen LogP) is 2.91. The number of nitrogens with two attached hydrogens (primary N) is 1. The van der Waals surface area contributed by atoms with Crippen LogP contribution in [0.3, 0.4) is 0 Å². The molecule has 0 aliphatic heterocycles. The molecule has 0 amide bonds. The van der Waals surface area contributed by atoms with Gasteiger partial charge in [0.1, 0.15) is 0 Å². The Morgan fingerprint density at radius 2 is 1.88 bits per heavy atom. The quantitative estimate of drug-likeness (QED) is 0.802. The van der Waals surface area contributed by atoms with Gasteiger partial charge in [-0.3, -0.25) is 0 Å². The van der Waals surface area contributed by atoms with Crippen LogP contribution in [0.5, 0.6) is 5.75 Å². The van der Waals surface area contributed by atoms with E-state index >= 15 is 0 Å². The van der Waals surface area contributed by atoms with Gasteiger partial charge in [-0.25, -0.2) is 4.39 Å². The van der Waals surface area contributed by atoms with Crippen molar-refractivity contribution in [1.29, 1.82) is 0 Å². The largest absolute Gasteiger partial charge is 0.505 e. The van der Waals surface area contributed by atoms with Crippen LogP contribution >= 0.6 is 12.4 Å². The fraction of sp³-hybridized carbons (Fsp3) is 0.333. The highest BCUT2D eigenvalue weighted by Crippen LogP contribution is 2.29. The second-order valence-corrected chi connectivity index (χ2v) is 3.14. The van der Waals surface area contributed by atoms with Crippen molar-refractivity contribution in [3.8, 4) is 5.75 Å². The second-order valence-electron chi connectivity index (χ2n) is 3.14. The zero-order chi connectivity index (χ0) is 11.6. The molecule has 0 heterocycles. The average molecular weight is 260 g/mol. The first-order chi connectivity index (χ1) is 6.79. The summed E-state index contributed by atoms with van der Waals surface area (Å²) in [7, 11) is 0. The average Bonchev–Trinajstić information content (AvgIpc) is 2.06. The molecule has 0 aromatic heterocycles. The molecule has 0 radical (unpaired) electrons. The molecular weight excluding hydrogens is 250 g/mol. The van der Waals surface area contributed by atoms with Crippen molar-refractivity contribution in [3.05, 3.63) is 29.6 Å². The monoisotopic (exact) mass is 259 g/mol. The molecule has 92 valence electrons. The van der Waals surface area contributed by atoms with Crippen LogP contribution < -0.4 is 5.73 Å². The highest BCUT2D eigenvalue weighted by molar-refractivity contribution is 5.85. The van der Waals surface area contributed by atoms with Gasteiger partial charge in [0.2, 0.25) is 0 Å². The predicted molar refractivity (Wildman–Crippen MR) is 52.9 cm³/mol. The van der Waals surface area contributed by atoms with E-state index in [4.69, 9.17) is 10.8 Å². The number of aromatic hydroxyl groups is 1. The third kappa shape index (κ3) is 4.24. The summed E-state index contributed by atoms with van der Waals surface area (Å²) >= 11 is 0. The number of benzene rings is 1. The summed E-state index contributed by atoms with van der Waals surface area (Å²) in [5.74, 6) is -1.59. The van der Waals surface area contributed by atoms with Crippen LogP contribution in [0.25, 0.3) is 0 Å². The Hall–Kier alpha value is -1.01. The fourth-order valence-corrected chi connectivity index (χ4v) is 1.12. The van der Waals surface area contributed by atoms with E-state index in [-0.39, 0.29) is 18.0 Å². The van der Waals surface area contributed by atoms with Crippen LogP contribution in [0, 0.1) is 5.82 Å². The standard InChI is InChI=1S/C9H9F4NO.ClH/c10-6-3-5(1-2-8(6)15)7(14)4-9(11,12)13;/h1-3,7,15H,4,14H2;1H/t7-;/m0./s1. The van der Waals surface area contributed by atoms with Gasteiger partial charge < -0.3 is 10.8 Å². The third-order valence-corrected chi connectivity index (χ3v) is 1.85. The maximum atomic E-state index is 12.8. The summed E-state index contributed by atoms with van der Waals surface area (Å²) in [5.41, 5.74) is 5.23. The molecule has 16 heavy (non-hydrogen) atoms. The minimum atomic E-state index is -4.40. The number of phenols is 1. The molecule has 1 aromatic carbocycles. The Balaban J connectivity index is 0.00000225.